The quantitative estimate of drug-likeness (QED) is 0.290. The molecular formula is C23H22Cl2N2O3S2. The second-order valence-corrected chi connectivity index (χ2v) is 10.7. The standard InChI is InChI=1S/C23H22Cl2N2O3S2/c24-18-10-12-21(13-11-18)31-15-5-14-26-23(28)17-27(20-7-4-6-19(25)16-20)32(29,30)22-8-2-1-3-9-22/h1-4,6-13,16H,5,14-15,17H2,(H,26,28). The van der Waals surface area contributed by atoms with E-state index < -0.39 is 10.0 Å². The average molecular weight is 509 g/mol. The number of carbonyl (C=O) groups excluding carboxylic acids is 1. The van der Waals surface area contributed by atoms with E-state index in [-0.39, 0.29) is 17.3 Å². The third-order valence-electron chi connectivity index (χ3n) is 4.44. The van der Waals surface area contributed by atoms with Gasteiger partial charge in [0.05, 0.1) is 10.6 Å². The number of carbonyl (C=O) groups is 1. The van der Waals surface area contributed by atoms with Crippen LogP contribution in [0.1, 0.15) is 6.42 Å². The molecule has 0 radical (unpaired) electrons. The van der Waals surface area contributed by atoms with Gasteiger partial charge < -0.3 is 5.32 Å². The molecule has 0 atom stereocenters. The Kier molecular flexibility index (Phi) is 8.87. The molecule has 1 N–H and O–H groups in total. The van der Waals surface area contributed by atoms with E-state index in [9.17, 15) is 13.2 Å². The van der Waals surface area contributed by atoms with Gasteiger partial charge in [-0.2, -0.15) is 0 Å². The Hall–Kier alpha value is -2.19. The van der Waals surface area contributed by atoms with Crippen molar-refractivity contribution in [3.05, 3.63) is 88.9 Å². The predicted molar refractivity (Wildman–Crippen MR) is 132 cm³/mol. The second-order valence-electron chi connectivity index (χ2n) is 6.81. The first-order chi connectivity index (χ1) is 15.4. The largest absolute Gasteiger partial charge is 0.354 e. The first kappa shape index (κ1) is 24.5. The number of nitrogens with zero attached hydrogens (tertiary/aromatic N) is 1. The number of halogens is 2. The third kappa shape index (κ3) is 6.90. The maximum absolute atomic E-state index is 13.2. The fourth-order valence-corrected chi connectivity index (χ4v) is 5.47. The van der Waals surface area contributed by atoms with Crippen LogP contribution in [0, 0.1) is 0 Å². The Morgan fingerprint density at radius 2 is 1.62 bits per heavy atom. The number of hydrogen-bond donors (Lipinski definition) is 1. The third-order valence-corrected chi connectivity index (χ3v) is 7.81. The Balaban J connectivity index is 1.62. The fourth-order valence-electron chi connectivity index (χ4n) is 2.87. The van der Waals surface area contributed by atoms with Crippen LogP contribution in [0.15, 0.2) is 88.7 Å². The van der Waals surface area contributed by atoms with Crippen molar-refractivity contribution in [1.29, 1.82) is 0 Å². The molecule has 3 aromatic rings. The molecule has 168 valence electrons. The van der Waals surface area contributed by atoms with Gasteiger partial charge in [-0.05, 0) is 66.8 Å². The van der Waals surface area contributed by atoms with E-state index in [1.54, 1.807) is 48.2 Å². The van der Waals surface area contributed by atoms with Crippen molar-refractivity contribution in [2.75, 3.05) is 23.1 Å². The van der Waals surface area contributed by atoms with Gasteiger partial charge in [0.25, 0.3) is 10.0 Å². The number of amides is 1. The molecule has 0 bridgehead atoms. The number of rotatable bonds is 10. The van der Waals surface area contributed by atoms with Crippen LogP contribution in [0.3, 0.4) is 0 Å². The van der Waals surface area contributed by atoms with Crippen LogP contribution in [0.4, 0.5) is 5.69 Å². The van der Waals surface area contributed by atoms with Crippen LogP contribution in [-0.2, 0) is 14.8 Å². The highest BCUT2D eigenvalue weighted by Crippen LogP contribution is 2.26. The predicted octanol–water partition coefficient (Wildman–Crippen LogP) is 5.49. The molecule has 0 saturated carbocycles. The van der Waals surface area contributed by atoms with E-state index >= 15 is 0 Å². The normalized spacial score (nSPS) is 11.2. The first-order valence-corrected chi connectivity index (χ1v) is 13.0. The molecule has 3 aromatic carbocycles. The summed E-state index contributed by atoms with van der Waals surface area (Å²) < 4.78 is 27.5. The van der Waals surface area contributed by atoms with E-state index in [0.29, 0.717) is 22.3 Å². The van der Waals surface area contributed by atoms with E-state index in [1.807, 2.05) is 24.3 Å². The number of anilines is 1. The number of thioether (sulfide) groups is 1. The van der Waals surface area contributed by atoms with Crippen LogP contribution in [0.5, 0.6) is 0 Å². The number of nitrogens with one attached hydrogen (secondary N) is 1. The minimum Gasteiger partial charge on any atom is -0.354 e. The summed E-state index contributed by atoms with van der Waals surface area (Å²) in [6.45, 7) is 0.0933. The lowest BCUT2D eigenvalue weighted by atomic mass is 10.3. The zero-order valence-electron chi connectivity index (χ0n) is 17.1. The first-order valence-electron chi connectivity index (χ1n) is 9.85. The van der Waals surface area contributed by atoms with E-state index in [2.05, 4.69) is 5.32 Å². The number of hydrogen-bond acceptors (Lipinski definition) is 4. The average Bonchev–Trinajstić information content (AvgIpc) is 2.79. The highest BCUT2D eigenvalue weighted by Gasteiger charge is 2.27. The van der Waals surface area contributed by atoms with Crippen LogP contribution in [0.25, 0.3) is 0 Å². The Morgan fingerprint density at radius 3 is 2.31 bits per heavy atom. The maximum Gasteiger partial charge on any atom is 0.264 e. The minimum absolute atomic E-state index is 0.104. The van der Waals surface area contributed by atoms with Crippen LogP contribution < -0.4 is 9.62 Å². The molecule has 0 aliphatic rings. The zero-order chi connectivity index (χ0) is 23.0. The van der Waals surface area contributed by atoms with Crippen molar-refractivity contribution in [1.82, 2.24) is 5.32 Å². The monoisotopic (exact) mass is 508 g/mol. The van der Waals surface area contributed by atoms with E-state index in [4.69, 9.17) is 23.2 Å². The Labute approximate surface area is 202 Å². The zero-order valence-corrected chi connectivity index (χ0v) is 20.2. The lowest BCUT2D eigenvalue weighted by Crippen LogP contribution is -2.41. The molecule has 0 aromatic heterocycles. The highest BCUT2D eigenvalue weighted by atomic mass is 35.5. The molecular weight excluding hydrogens is 487 g/mol. The van der Waals surface area contributed by atoms with Crippen molar-refractivity contribution >= 4 is 56.6 Å². The maximum atomic E-state index is 13.2. The van der Waals surface area contributed by atoms with Gasteiger partial charge in [-0.25, -0.2) is 8.42 Å². The Morgan fingerprint density at radius 1 is 0.906 bits per heavy atom. The van der Waals surface area contributed by atoms with Crippen molar-refractivity contribution in [2.24, 2.45) is 0 Å². The fraction of sp³-hybridized carbons (Fsp3) is 0.174. The lowest BCUT2D eigenvalue weighted by molar-refractivity contribution is -0.119. The summed E-state index contributed by atoms with van der Waals surface area (Å²) >= 11 is 13.6. The summed E-state index contributed by atoms with van der Waals surface area (Å²) in [6.07, 6.45) is 0.738. The van der Waals surface area contributed by atoms with Gasteiger partial charge >= 0.3 is 0 Å². The van der Waals surface area contributed by atoms with Crippen LogP contribution in [-0.4, -0.2) is 33.2 Å². The van der Waals surface area contributed by atoms with Crippen molar-refractivity contribution < 1.29 is 13.2 Å². The smallest absolute Gasteiger partial charge is 0.264 e. The molecule has 0 aliphatic heterocycles. The van der Waals surface area contributed by atoms with E-state index in [0.717, 1.165) is 21.4 Å². The van der Waals surface area contributed by atoms with E-state index in [1.165, 1.54) is 18.2 Å². The van der Waals surface area contributed by atoms with Gasteiger partial charge in [-0.15, -0.1) is 11.8 Å². The van der Waals surface area contributed by atoms with Gasteiger partial charge in [-0.3, -0.25) is 9.10 Å². The van der Waals surface area contributed by atoms with Crippen molar-refractivity contribution in [3.8, 4) is 0 Å². The molecule has 9 heteroatoms. The molecule has 3 rings (SSSR count). The molecule has 0 aliphatic carbocycles. The summed E-state index contributed by atoms with van der Waals surface area (Å²) in [5, 5.41) is 3.88. The van der Waals surface area contributed by atoms with Gasteiger partial charge in [0.1, 0.15) is 6.54 Å². The second kappa shape index (κ2) is 11.6. The molecule has 0 spiro atoms. The molecule has 0 saturated heterocycles. The summed E-state index contributed by atoms with van der Waals surface area (Å²) in [5.74, 6) is 0.420. The van der Waals surface area contributed by atoms with Crippen molar-refractivity contribution in [2.45, 2.75) is 16.2 Å². The molecule has 0 fully saturated rings. The summed E-state index contributed by atoms with van der Waals surface area (Å²) in [7, 11) is -3.94. The molecule has 5 nitrogen and oxygen atoms in total. The van der Waals surface area contributed by atoms with Gasteiger partial charge in [0, 0.05) is 21.5 Å². The minimum atomic E-state index is -3.94. The van der Waals surface area contributed by atoms with Gasteiger partial charge in [0.2, 0.25) is 5.91 Å². The topological polar surface area (TPSA) is 66.5 Å². The lowest BCUT2D eigenvalue weighted by Gasteiger charge is -2.24. The van der Waals surface area contributed by atoms with Crippen LogP contribution in [0.2, 0.25) is 10.0 Å². The molecule has 0 heterocycles. The van der Waals surface area contributed by atoms with Gasteiger partial charge in [0.15, 0.2) is 0 Å². The van der Waals surface area contributed by atoms with Crippen molar-refractivity contribution in [3.63, 3.8) is 0 Å². The molecule has 32 heavy (non-hydrogen) atoms. The molecule has 1 amide bonds. The summed E-state index contributed by atoms with van der Waals surface area (Å²) in [6, 6.07) is 22.0. The molecule has 0 unspecified atom stereocenters. The Bertz CT molecular complexity index is 1140. The van der Waals surface area contributed by atoms with Gasteiger partial charge in [-0.1, -0.05) is 47.5 Å². The number of benzene rings is 3. The highest BCUT2D eigenvalue weighted by molar-refractivity contribution is 7.99. The summed E-state index contributed by atoms with van der Waals surface area (Å²) in [4.78, 5) is 13.8. The van der Waals surface area contributed by atoms with Crippen LogP contribution >= 0.6 is 35.0 Å². The summed E-state index contributed by atoms with van der Waals surface area (Å²) in [5.41, 5.74) is 0.329. The number of sulfonamides is 1. The SMILES string of the molecule is O=C(CN(c1cccc(Cl)c1)S(=O)(=O)c1ccccc1)NCCCSc1ccc(Cl)cc1.